The number of anilines is 1. The molecule has 2 N–H and O–H groups in total. The van der Waals surface area contributed by atoms with Crippen LogP contribution in [0.3, 0.4) is 0 Å². The van der Waals surface area contributed by atoms with Gasteiger partial charge in [0, 0.05) is 34.4 Å². The molecule has 4 aromatic carbocycles. The molecule has 0 aromatic heterocycles. The Bertz CT molecular complexity index is 1460. The second kappa shape index (κ2) is 13.8. The second-order valence-corrected chi connectivity index (χ2v) is 9.43. The number of allylic oxidation sites excluding steroid dienone is 1. The van der Waals surface area contributed by atoms with Gasteiger partial charge in [-0.05, 0) is 42.3 Å². The molecule has 0 amide bonds. The van der Waals surface area contributed by atoms with Gasteiger partial charge in [0.05, 0.1) is 0 Å². The zero-order valence-corrected chi connectivity index (χ0v) is 22.7. The Morgan fingerprint density at radius 3 is 1.95 bits per heavy atom. The van der Waals surface area contributed by atoms with Gasteiger partial charge in [-0.25, -0.2) is 4.79 Å². The van der Waals surface area contributed by atoms with Gasteiger partial charge in [-0.2, -0.15) is 0 Å². The molecule has 0 heterocycles. The molecule has 2 unspecified atom stereocenters. The first-order valence-corrected chi connectivity index (χ1v) is 13.3. The number of hydrogen-bond acceptors (Lipinski definition) is 5. The van der Waals surface area contributed by atoms with Crippen LogP contribution in [0.1, 0.15) is 53.4 Å². The van der Waals surface area contributed by atoms with E-state index in [9.17, 15) is 9.59 Å². The van der Waals surface area contributed by atoms with Gasteiger partial charge in [-0.15, -0.1) is 0 Å². The van der Waals surface area contributed by atoms with Crippen LogP contribution < -0.4 is 5.73 Å². The van der Waals surface area contributed by atoms with Crippen molar-refractivity contribution >= 4 is 29.3 Å². The lowest BCUT2D eigenvalue weighted by Gasteiger charge is -2.25. The number of ketones is 1. The Labute approximate surface area is 235 Å². The Morgan fingerprint density at radius 2 is 1.35 bits per heavy atom. The quantitative estimate of drug-likeness (QED) is 0.0700. The maximum absolute atomic E-state index is 13.8. The normalized spacial score (nSPS) is 13.2. The summed E-state index contributed by atoms with van der Waals surface area (Å²) in [6, 6.07) is 34.9. The van der Waals surface area contributed by atoms with Gasteiger partial charge in [0.2, 0.25) is 5.78 Å². The minimum atomic E-state index is -0.978. The fourth-order valence-electron chi connectivity index (χ4n) is 4.10. The molecule has 0 aliphatic rings. The molecule has 0 spiro atoms. The molecule has 0 fully saturated rings. The molecule has 5 nitrogen and oxygen atoms in total. The van der Waals surface area contributed by atoms with E-state index in [0.717, 1.165) is 5.56 Å². The van der Waals surface area contributed by atoms with Crippen LogP contribution in [0, 0.1) is 5.92 Å². The van der Waals surface area contributed by atoms with Crippen molar-refractivity contribution in [2.75, 3.05) is 5.73 Å². The van der Waals surface area contributed by atoms with E-state index in [4.69, 9.17) is 15.2 Å². The first-order chi connectivity index (χ1) is 19.5. The molecule has 2 atom stereocenters. The number of carbonyl (C=O) groups excluding carboxylic acids is 2. The molecule has 202 valence electrons. The molecule has 0 radical (unpaired) electrons. The molecule has 5 heteroatoms. The molecule has 0 aliphatic heterocycles. The van der Waals surface area contributed by atoms with E-state index in [2.05, 4.69) is 0 Å². The number of Topliss-reactive ketones (excluding diaryl/α,β-unsaturated/α-hetero) is 1. The molecule has 0 bridgehead atoms. The second-order valence-electron chi connectivity index (χ2n) is 9.43. The van der Waals surface area contributed by atoms with Gasteiger partial charge in [0.25, 0.3) is 0 Å². The van der Waals surface area contributed by atoms with Crippen molar-refractivity contribution < 1.29 is 19.1 Å². The standard InChI is InChI=1S/C35H33NO4/c1-3-25(2)33(39-31(37)24-19-26-13-7-4-8-14-26)35(29-20-22-30(36)23-21-29)40-34(28-17-11-6-12-18-28)32(38)27-15-9-5-10-16-27/h4-25,34H,3,36H2,1-2H3. The predicted octanol–water partition coefficient (Wildman–Crippen LogP) is 7.88. The number of carbonyl (C=O) groups is 2. The van der Waals surface area contributed by atoms with E-state index in [0.29, 0.717) is 40.3 Å². The summed E-state index contributed by atoms with van der Waals surface area (Å²) in [5.41, 5.74) is 9.27. The fourth-order valence-corrected chi connectivity index (χ4v) is 4.10. The minimum absolute atomic E-state index is 0.190. The van der Waals surface area contributed by atoms with Crippen molar-refractivity contribution in [1.29, 1.82) is 0 Å². The van der Waals surface area contributed by atoms with Crippen LogP contribution in [0.25, 0.3) is 11.8 Å². The lowest BCUT2D eigenvalue weighted by atomic mass is 9.98. The SMILES string of the molecule is CCC(C)C(OC(=O)C=Cc1ccccc1)=C(OC(C(=O)c1ccccc1)c1ccccc1)c1ccc(N)cc1. The van der Waals surface area contributed by atoms with E-state index in [1.807, 2.05) is 92.7 Å². The van der Waals surface area contributed by atoms with Crippen molar-refractivity contribution in [1.82, 2.24) is 0 Å². The highest BCUT2D eigenvalue weighted by Gasteiger charge is 2.29. The van der Waals surface area contributed by atoms with Gasteiger partial charge in [-0.1, -0.05) is 105 Å². The summed E-state index contributed by atoms with van der Waals surface area (Å²) < 4.78 is 12.6. The highest BCUT2D eigenvalue weighted by Crippen LogP contribution is 2.35. The van der Waals surface area contributed by atoms with E-state index < -0.39 is 12.1 Å². The van der Waals surface area contributed by atoms with Gasteiger partial charge < -0.3 is 15.2 Å². The average molecular weight is 532 g/mol. The maximum atomic E-state index is 13.8. The maximum Gasteiger partial charge on any atom is 0.335 e. The third-order valence-corrected chi connectivity index (χ3v) is 6.51. The summed E-state index contributed by atoms with van der Waals surface area (Å²) in [7, 11) is 0. The summed E-state index contributed by atoms with van der Waals surface area (Å²) in [6.45, 7) is 3.96. The Balaban J connectivity index is 1.80. The third-order valence-electron chi connectivity index (χ3n) is 6.51. The Hall–Kier alpha value is -4.90. The molecule has 0 saturated carbocycles. The van der Waals surface area contributed by atoms with E-state index in [-0.39, 0.29) is 11.7 Å². The first kappa shape index (κ1) is 28.1. The summed E-state index contributed by atoms with van der Waals surface area (Å²) in [5.74, 6) is -0.282. The lowest BCUT2D eigenvalue weighted by molar-refractivity contribution is -0.134. The Kier molecular flexibility index (Phi) is 9.67. The number of esters is 1. The monoisotopic (exact) mass is 531 g/mol. The summed E-state index contributed by atoms with van der Waals surface area (Å²) in [6.07, 6.45) is 2.79. The number of hydrogen-bond donors (Lipinski definition) is 1. The first-order valence-electron chi connectivity index (χ1n) is 13.3. The number of benzene rings is 4. The molecule has 4 rings (SSSR count). The number of nitrogens with two attached hydrogens (primary N) is 1. The zero-order chi connectivity index (χ0) is 28.3. The van der Waals surface area contributed by atoms with Gasteiger partial charge in [0.15, 0.2) is 17.6 Å². The average Bonchev–Trinajstić information content (AvgIpc) is 3.01. The molecule has 0 saturated heterocycles. The topological polar surface area (TPSA) is 78.6 Å². The van der Waals surface area contributed by atoms with Crippen LogP contribution in [0.4, 0.5) is 5.69 Å². The molecule has 4 aromatic rings. The van der Waals surface area contributed by atoms with Crippen LogP contribution in [0.5, 0.6) is 0 Å². The van der Waals surface area contributed by atoms with Gasteiger partial charge in [-0.3, -0.25) is 4.79 Å². The van der Waals surface area contributed by atoms with Crippen molar-refractivity contribution in [3.05, 3.63) is 149 Å². The van der Waals surface area contributed by atoms with Crippen LogP contribution in [-0.2, 0) is 14.3 Å². The van der Waals surface area contributed by atoms with Gasteiger partial charge >= 0.3 is 5.97 Å². The molecule has 0 aliphatic carbocycles. The Morgan fingerprint density at radius 1 is 0.775 bits per heavy atom. The van der Waals surface area contributed by atoms with Crippen molar-refractivity contribution in [3.63, 3.8) is 0 Å². The summed E-state index contributed by atoms with van der Waals surface area (Å²) in [4.78, 5) is 26.9. The highest BCUT2D eigenvalue weighted by atomic mass is 16.6. The van der Waals surface area contributed by atoms with E-state index in [1.165, 1.54) is 6.08 Å². The van der Waals surface area contributed by atoms with Gasteiger partial charge in [0.1, 0.15) is 0 Å². The van der Waals surface area contributed by atoms with Crippen molar-refractivity contribution in [2.45, 2.75) is 26.4 Å². The molecular weight excluding hydrogens is 498 g/mol. The van der Waals surface area contributed by atoms with Crippen LogP contribution in [0.15, 0.2) is 127 Å². The molecular formula is C35H33NO4. The van der Waals surface area contributed by atoms with Crippen molar-refractivity contribution in [2.24, 2.45) is 5.92 Å². The third kappa shape index (κ3) is 7.35. The molecule has 40 heavy (non-hydrogen) atoms. The fraction of sp³-hybridized carbons (Fsp3) is 0.143. The lowest BCUT2D eigenvalue weighted by Crippen LogP contribution is -2.19. The predicted molar refractivity (Wildman–Crippen MR) is 160 cm³/mol. The van der Waals surface area contributed by atoms with E-state index >= 15 is 0 Å². The summed E-state index contributed by atoms with van der Waals surface area (Å²) in [5, 5.41) is 0. The number of nitrogen functional groups attached to an aromatic ring is 1. The zero-order valence-electron chi connectivity index (χ0n) is 22.7. The smallest absolute Gasteiger partial charge is 0.335 e. The number of rotatable bonds is 11. The van der Waals surface area contributed by atoms with Crippen LogP contribution >= 0.6 is 0 Å². The van der Waals surface area contributed by atoms with E-state index in [1.54, 1.807) is 42.5 Å². The minimum Gasteiger partial charge on any atom is -0.473 e. The largest absolute Gasteiger partial charge is 0.473 e. The van der Waals surface area contributed by atoms with Crippen LogP contribution in [-0.4, -0.2) is 11.8 Å². The summed E-state index contributed by atoms with van der Waals surface area (Å²) >= 11 is 0. The van der Waals surface area contributed by atoms with Crippen molar-refractivity contribution in [3.8, 4) is 0 Å². The van der Waals surface area contributed by atoms with Crippen LogP contribution in [0.2, 0.25) is 0 Å². The highest BCUT2D eigenvalue weighted by molar-refractivity contribution is 6.00. The number of ether oxygens (including phenoxy) is 2.